The van der Waals surface area contributed by atoms with Crippen LogP contribution in [0.2, 0.25) is 0 Å². The van der Waals surface area contributed by atoms with Crippen molar-refractivity contribution in [2.24, 2.45) is 0 Å². The number of anilines is 1. The van der Waals surface area contributed by atoms with Crippen LogP contribution in [0.5, 0.6) is 0 Å². The molecule has 1 N–H and O–H groups in total. The summed E-state index contributed by atoms with van der Waals surface area (Å²) in [5.41, 5.74) is 0.629. The Balaban J connectivity index is 1.92. The van der Waals surface area contributed by atoms with Gasteiger partial charge in [0.15, 0.2) is 0 Å². The fraction of sp³-hybridized carbons (Fsp3) is 0.500. The van der Waals surface area contributed by atoms with Gasteiger partial charge in [0.2, 0.25) is 0 Å². The lowest BCUT2D eigenvalue weighted by Gasteiger charge is -2.31. The number of carbonyl (C=O) groups is 1. The summed E-state index contributed by atoms with van der Waals surface area (Å²) in [6.45, 7) is 0. The van der Waals surface area contributed by atoms with Crippen molar-refractivity contribution < 1.29 is 9.18 Å². The Labute approximate surface area is 107 Å². The molecule has 0 saturated heterocycles. The van der Waals surface area contributed by atoms with Gasteiger partial charge in [-0.2, -0.15) is 0 Å². The average molecular weight is 250 g/mol. The molecule has 4 heteroatoms. The second kappa shape index (κ2) is 5.85. The first-order chi connectivity index (χ1) is 8.66. The molecule has 0 unspecified atom stereocenters. The first kappa shape index (κ1) is 12.9. The summed E-state index contributed by atoms with van der Waals surface area (Å²) >= 11 is 0. The van der Waals surface area contributed by atoms with Crippen LogP contribution < -0.4 is 5.32 Å². The molecule has 1 aliphatic rings. The number of amides is 2. The highest BCUT2D eigenvalue weighted by Crippen LogP contribution is 2.22. The molecule has 1 fully saturated rings. The van der Waals surface area contributed by atoms with Gasteiger partial charge in [-0.15, -0.1) is 0 Å². The lowest BCUT2D eigenvalue weighted by atomic mass is 9.95. The van der Waals surface area contributed by atoms with Crippen LogP contribution in [0.25, 0.3) is 0 Å². The van der Waals surface area contributed by atoms with Crippen LogP contribution in [-0.2, 0) is 0 Å². The minimum absolute atomic E-state index is 0.117. The SMILES string of the molecule is CN(C(=O)Nc1ccc(F)cc1)C1CCCCC1. The molecular weight excluding hydrogens is 231 g/mol. The zero-order valence-corrected chi connectivity index (χ0v) is 10.7. The molecule has 0 heterocycles. The fourth-order valence-corrected chi connectivity index (χ4v) is 2.38. The van der Waals surface area contributed by atoms with Crippen LogP contribution >= 0.6 is 0 Å². The van der Waals surface area contributed by atoms with E-state index >= 15 is 0 Å². The van der Waals surface area contributed by atoms with E-state index < -0.39 is 0 Å². The van der Waals surface area contributed by atoms with Crippen molar-refractivity contribution in [1.82, 2.24) is 4.90 Å². The number of carbonyl (C=O) groups excluding carboxylic acids is 1. The van der Waals surface area contributed by atoms with Gasteiger partial charge in [0.1, 0.15) is 5.82 Å². The standard InChI is InChI=1S/C14H19FN2O/c1-17(13-5-3-2-4-6-13)14(18)16-12-9-7-11(15)8-10-12/h7-10,13H,2-6H2,1H3,(H,16,18). The summed E-state index contributed by atoms with van der Waals surface area (Å²) < 4.78 is 12.8. The molecular formula is C14H19FN2O. The number of hydrogen-bond acceptors (Lipinski definition) is 1. The van der Waals surface area contributed by atoms with Gasteiger partial charge in [-0.1, -0.05) is 19.3 Å². The van der Waals surface area contributed by atoms with Gasteiger partial charge in [-0.3, -0.25) is 0 Å². The number of benzene rings is 1. The Hall–Kier alpha value is -1.58. The first-order valence-electron chi connectivity index (χ1n) is 6.46. The van der Waals surface area contributed by atoms with Crippen molar-refractivity contribution in [3.05, 3.63) is 30.1 Å². The summed E-state index contributed by atoms with van der Waals surface area (Å²) in [5, 5.41) is 2.79. The van der Waals surface area contributed by atoms with Crippen molar-refractivity contribution in [2.75, 3.05) is 12.4 Å². The Morgan fingerprint density at radius 2 is 1.83 bits per heavy atom. The maximum absolute atomic E-state index is 12.8. The zero-order valence-electron chi connectivity index (χ0n) is 10.7. The Bertz CT molecular complexity index is 399. The minimum Gasteiger partial charge on any atom is -0.325 e. The van der Waals surface area contributed by atoms with E-state index in [0.717, 1.165) is 12.8 Å². The molecule has 1 aromatic rings. The van der Waals surface area contributed by atoms with Gasteiger partial charge in [0.05, 0.1) is 0 Å². The predicted octanol–water partition coefficient (Wildman–Crippen LogP) is 3.62. The zero-order chi connectivity index (χ0) is 13.0. The first-order valence-corrected chi connectivity index (χ1v) is 6.46. The van der Waals surface area contributed by atoms with E-state index in [-0.39, 0.29) is 11.8 Å². The Morgan fingerprint density at radius 1 is 1.22 bits per heavy atom. The van der Waals surface area contributed by atoms with Crippen LogP contribution in [0.3, 0.4) is 0 Å². The number of hydrogen-bond donors (Lipinski definition) is 1. The molecule has 0 bridgehead atoms. The second-order valence-electron chi connectivity index (χ2n) is 4.84. The second-order valence-corrected chi connectivity index (χ2v) is 4.84. The van der Waals surface area contributed by atoms with Gasteiger partial charge >= 0.3 is 6.03 Å². The van der Waals surface area contributed by atoms with Gasteiger partial charge < -0.3 is 10.2 Å². The Morgan fingerprint density at radius 3 is 2.44 bits per heavy atom. The van der Waals surface area contributed by atoms with Crippen LogP contribution in [0.1, 0.15) is 32.1 Å². The van der Waals surface area contributed by atoms with Crippen LogP contribution in [-0.4, -0.2) is 24.0 Å². The number of nitrogens with zero attached hydrogens (tertiary/aromatic N) is 1. The van der Waals surface area contributed by atoms with Crippen molar-refractivity contribution in [3.63, 3.8) is 0 Å². The highest BCUT2D eigenvalue weighted by Gasteiger charge is 2.21. The quantitative estimate of drug-likeness (QED) is 0.854. The van der Waals surface area contributed by atoms with Crippen LogP contribution in [0, 0.1) is 5.82 Å². The minimum atomic E-state index is -0.298. The largest absolute Gasteiger partial charge is 0.325 e. The average Bonchev–Trinajstić information content (AvgIpc) is 2.41. The number of urea groups is 1. The van der Waals surface area contributed by atoms with E-state index in [1.165, 1.54) is 31.4 Å². The van der Waals surface area contributed by atoms with E-state index in [2.05, 4.69) is 5.32 Å². The summed E-state index contributed by atoms with van der Waals surface area (Å²) in [7, 11) is 1.83. The maximum atomic E-state index is 12.8. The normalized spacial score (nSPS) is 16.3. The third kappa shape index (κ3) is 3.22. The van der Waals surface area contributed by atoms with Crippen molar-refractivity contribution in [3.8, 4) is 0 Å². The summed E-state index contributed by atoms with van der Waals surface area (Å²) in [6.07, 6.45) is 5.81. The third-order valence-electron chi connectivity index (χ3n) is 3.54. The van der Waals surface area contributed by atoms with E-state index in [0.29, 0.717) is 11.7 Å². The summed E-state index contributed by atoms with van der Waals surface area (Å²) in [4.78, 5) is 13.8. The fourth-order valence-electron chi connectivity index (χ4n) is 2.38. The smallest absolute Gasteiger partial charge is 0.321 e. The molecule has 1 aromatic carbocycles. The Kier molecular flexibility index (Phi) is 4.18. The molecule has 0 aliphatic heterocycles. The molecule has 0 spiro atoms. The monoisotopic (exact) mass is 250 g/mol. The van der Waals surface area contributed by atoms with Gasteiger partial charge in [-0.25, -0.2) is 9.18 Å². The third-order valence-corrected chi connectivity index (χ3v) is 3.54. The van der Waals surface area contributed by atoms with Gasteiger partial charge in [0.25, 0.3) is 0 Å². The number of rotatable bonds is 2. The summed E-state index contributed by atoms with van der Waals surface area (Å²) in [6, 6.07) is 6.05. The molecule has 3 nitrogen and oxygen atoms in total. The molecule has 1 aliphatic carbocycles. The highest BCUT2D eigenvalue weighted by atomic mass is 19.1. The van der Waals surface area contributed by atoms with Crippen molar-refractivity contribution in [1.29, 1.82) is 0 Å². The summed E-state index contributed by atoms with van der Waals surface area (Å²) in [5.74, 6) is -0.298. The molecule has 1 saturated carbocycles. The molecule has 2 rings (SSSR count). The molecule has 18 heavy (non-hydrogen) atoms. The van der Waals surface area contributed by atoms with E-state index in [4.69, 9.17) is 0 Å². The molecule has 0 aromatic heterocycles. The highest BCUT2D eigenvalue weighted by molar-refractivity contribution is 5.89. The van der Waals surface area contributed by atoms with E-state index in [1.54, 1.807) is 17.0 Å². The topological polar surface area (TPSA) is 32.3 Å². The lowest BCUT2D eigenvalue weighted by Crippen LogP contribution is -2.40. The molecule has 0 radical (unpaired) electrons. The van der Waals surface area contributed by atoms with E-state index in [9.17, 15) is 9.18 Å². The van der Waals surface area contributed by atoms with E-state index in [1.807, 2.05) is 7.05 Å². The lowest BCUT2D eigenvalue weighted by molar-refractivity contribution is 0.186. The number of halogens is 1. The van der Waals surface area contributed by atoms with Crippen LogP contribution in [0.15, 0.2) is 24.3 Å². The molecule has 0 atom stereocenters. The van der Waals surface area contributed by atoms with Crippen molar-refractivity contribution >= 4 is 11.7 Å². The van der Waals surface area contributed by atoms with Gasteiger partial charge in [0, 0.05) is 18.8 Å². The maximum Gasteiger partial charge on any atom is 0.321 e. The van der Waals surface area contributed by atoms with Gasteiger partial charge in [-0.05, 0) is 37.1 Å². The molecule has 2 amide bonds. The number of nitrogens with one attached hydrogen (secondary N) is 1. The van der Waals surface area contributed by atoms with Crippen molar-refractivity contribution in [2.45, 2.75) is 38.1 Å². The predicted molar refractivity (Wildman–Crippen MR) is 70.1 cm³/mol. The molecule has 98 valence electrons. The van der Waals surface area contributed by atoms with Crippen LogP contribution in [0.4, 0.5) is 14.9 Å².